The topological polar surface area (TPSA) is 136 Å². The molecule has 2 aromatic carbocycles. The fraction of sp³-hybridized carbons (Fsp3) is 0.406. The minimum Gasteiger partial charge on any atom is -0.508 e. The van der Waals surface area contributed by atoms with E-state index in [-0.39, 0.29) is 29.3 Å². The minimum atomic E-state index is -1.06. The molecule has 1 aliphatic carbocycles. The Balaban J connectivity index is 1.26. The van der Waals surface area contributed by atoms with Crippen molar-refractivity contribution in [1.82, 2.24) is 25.8 Å². The van der Waals surface area contributed by atoms with E-state index in [2.05, 4.69) is 39.7 Å². The molecule has 43 heavy (non-hydrogen) atoms. The smallest absolute Gasteiger partial charge is 0.404 e. The third-order valence-corrected chi connectivity index (χ3v) is 7.95. The standard InChI is InChI=1S/C32H38FN5O5/c1-19-16-38(17-20(2)35-19)18-23-7-6-22(13-29(23)39)21-4-3-5-27(12-21)43-31-28(14-24(33)15-34-31)30(40)36-25-8-10-26(11-9-25)37-32(41)42/h3-7,12-15,19-20,25-26,35,37,39H,8-11,16-18H2,1-2H3,(H,36,40)(H,41,42)/t19-,20?,25-,26-/m0/s1. The molecular weight excluding hydrogens is 553 g/mol. The molecule has 2 atom stereocenters. The number of aromatic nitrogens is 1. The number of hydrogen-bond acceptors (Lipinski definition) is 7. The number of phenols is 1. The van der Waals surface area contributed by atoms with Crippen molar-refractivity contribution in [3.8, 4) is 28.5 Å². The maximum Gasteiger partial charge on any atom is 0.404 e. The van der Waals surface area contributed by atoms with Crippen LogP contribution in [0.2, 0.25) is 0 Å². The number of pyridine rings is 1. The summed E-state index contributed by atoms with van der Waals surface area (Å²) in [7, 11) is 0. The highest BCUT2D eigenvalue weighted by molar-refractivity contribution is 5.96. The molecule has 1 aromatic heterocycles. The lowest BCUT2D eigenvalue weighted by Crippen LogP contribution is -2.53. The molecule has 1 unspecified atom stereocenters. The number of rotatable bonds is 8. The van der Waals surface area contributed by atoms with Gasteiger partial charge >= 0.3 is 6.09 Å². The second-order valence-corrected chi connectivity index (χ2v) is 11.6. The lowest BCUT2D eigenvalue weighted by molar-refractivity contribution is 0.0919. The number of hydrogen-bond donors (Lipinski definition) is 5. The monoisotopic (exact) mass is 591 g/mol. The Morgan fingerprint density at radius 1 is 1.00 bits per heavy atom. The van der Waals surface area contributed by atoms with E-state index >= 15 is 0 Å². The number of nitrogens with zero attached hydrogens (tertiary/aromatic N) is 2. The molecule has 3 aromatic rings. The Hall–Kier alpha value is -4.22. The SMILES string of the molecule is CC1CN(Cc2ccc(-c3cccc(Oc4ncc(F)cc4C(=O)N[C@H]4CC[C@H](NC(=O)O)CC4)c3)cc2O)C[C@H](C)N1. The molecule has 0 spiro atoms. The van der Waals surface area contributed by atoms with Gasteiger partial charge in [-0.3, -0.25) is 9.69 Å². The summed E-state index contributed by atoms with van der Waals surface area (Å²) >= 11 is 0. The van der Waals surface area contributed by atoms with Gasteiger partial charge < -0.3 is 30.9 Å². The third kappa shape index (κ3) is 7.99. The fourth-order valence-corrected chi connectivity index (χ4v) is 6.03. The number of carbonyl (C=O) groups excluding carboxylic acids is 1. The number of benzene rings is 2. The summed E-state index contributed by atoms with van der Waals surface area (Å²) in [5.74, 6) is -0.592. The molecule has 1 saturated carbocycles. The van der Waals surface area contributed by atoms with Crippen LogP contribution in [0.25, 0.3) is 11.1 Å². The van der Waals surface area contributed by atoms with Gasteiger partial charge in [-0.1, -0.05) is 24.3 Å². The highest BCUT2D eigenvalue weighted by atomic mass is 19.1. The maximum atomic E-state index is 14.1. The van der Waals surface area contributed by atoms with Gasteiger partial charge in [-0.2, -0.15) is 0 Å². The van der Waals surface area contributed by atoms with Gasteiger partial charge in [0, 0.05) is 49.4 Å². The average Bonchev–Trinajstić information content (AvgIpc) is 2.95. The van der Waals surface area contributed by atoms with Crippen LogP contribution in [0.1, 0.15) is 55.5 Å². The van der Waals surface area contributed by atoms with E-state index in [1.807, 2.05) is 18.2 Å². The molecule has 2 heterocycles. The number of carboxylic acid groups (broad SMARTS) is 1. The average molecular weight is 592 g/mol. The number of aromatic hydroxyl groups is 1. The number of phenolic OH excluding ortho intramolecular Hbond substituents is 1. The minimum absolute atomic E-state index is 0.0325. The van der Waals surface area contributed by atoms with Crippen LogP contribution in [-0.2, 0) is 6.54 Å². The normalized spacial score (nSPS) is 22.5. The molecule has 228 valence electrons. The van der Waals surface area contributed by atoms with Crippen molar-refractivity contribution in [3.05, 3.63) is 71.7 Å². The predicted octanol–water partition coefficient (Wildman–Crippen LogP) is 4.88. The second kappa shape index (κ2) is 13.4. The van der Waals surface area contributed by atoms with Crippen LogP contribution >= 0.6 is 0 Å². The van der Waals surface area contributed by atoms with Gasteiger partial charge in [0.05, 0.1) is 6.20 Å². The van der Waals surface area contributed by atoms with E-state index < -0.39 is 17.8 Å². The van der Waals surface area contributed by atoms with Gasteiger partial charge in [0.15, 0.2) is 0 Å². The van der Waals surface area contributed by atoms with Crippen molar-refractivity contribution in [3.63, 3.8) is 0 Å². The molecule has 11 heteroatoms. The second-order valence-electron chi connectivity index (χ2n) is 11.6. The quantitative estimate of drug-likeness (QED) is 0.250. The van der Waals surface area contributed by atoms with E-state index in [0.29, 0.717) is 50.1 Å². The molecule has 0 radical (unpaired) electrons. The van der Waals surface area contributed by atoms with E-state index in [1.54, 1.807) is 24.3 Å². The first-order chi connectivity index (χ1) is 20.6. The lowest BCUT2D eigenvalue weighted by Gasteiger charge is -2.36. The van der Waals surface area contributed by atoms with Crippen LogP contribution in [0.15, 0.2) is 54.7 Å². The van der Waals surface area contributed by atoms with Gasteiger partial charge in [-0.05, 0) is 74.9 Å². The molecule has 2 fully saturated rings. The summed E-state index contributed by atoms with van der Waals surface area (Å²) < 4.78 is 20.1. The van der Waals surface area contributed by atoms with E-state index in [4.69, 9.17) is 9.84 Å². The van der Waals surface area contributed by atoms with Crippen LogP contribution in [0.4, 0.5) is 9.18 Å². The third-order valence-electron chi connectivity index (χ3n) is 7.95. The van der Waals surface area contributed by atoms with Crippen LogP contribution in [0, 0.1) is 5.82 Å². The Labute approximate surface area is 250 Å². The van der Waals surface area contributed by atoms with Crippen molar-refractivity contribution >= 4 is 12.0 Å². The Bertz CT molecular complexity index is 1450. The zero-order chi connectivity index (χ0) is 30.5. The maximum absolute atomic E-state index is 14.1. The van der Waals surface area contributed by atoms with E-state index in [1.165, 1.54) is 0 Å². The van der Waals surface area contributed by atoms with Gasteiger partial charge in [-0.15, -0.1) is 0 Å². The number of halogens is 1. The van der Waals surface area contributed by atoms with Crippen molar-refractivity contribution < 1.29 is 28.9 Å². The molecule has 5 rings (SSSR count). The van der Waals surface area contributed by atoms with Crippen LogP contribution in [0.5, 0.6) is 17.4 Å². The molecular formula is C32H38FN5O5. The van der Waals surface area contributed by atoms with Gasteiger partial charge in [0.2, 0.25) is 5.88 Å². The molecule has 2 aliphatic rings. The van der Waals surface area contributed by atoms with Crippen LogP contribution in [-0.4, -0.2) is 69.4 Å². The zero-order valence-corrected chi connectivity index (χ0v) is 24.3. The highest BCUT2D eigenvalue weighted by Gasteiger charge is 2.26. The van der Waals surface area contributed by atoms with Gasteiger partial charge in [-0.25, -0.2) is 14.2 Å². The van der Waals surface area contributed by atoms with Crippen molar-refractivity contribution in [1.29, 1.82) is 0 Å². The lowest BCUT2D eigenvalue weighted by atomic mass is 9.91. The summed E-state index contributed by atoms with van der Waals surface area (Å²) in [5.41, 5.74) is 2.42. The first-order valence-corrected chi connectivity index (χ1v) is 14.7. The summed E-state index contributed by atoms with van der Waals surface area (Å²) in [6.07, 6.45) is 2.32. The summed E-state index contributed by atoms with van der Waals surface area (Å²) in [6, 6.07) is 14.4. The van der Waals surface area contributed by atoms with E-state index in [0.717, 1.165) is 42.0 Å². The number of ether oxygens (including phenoxy) is 1. The largest absolute Gasteiger partial charge is 0.508 e. The summed E-state index contributed by atoms with van der Waals surface area (Å²) in [4.78, 5) is 30.4. The predicted molar refractivity (Wildman–Crippen MR) is 160 cm³/mol. The number of amides is 2. The molecule has 10 nitrogen and oxygen atoms in total. The number of nitrogens with one attached hydrogen (secondary N) is 3. The Morgan fingerprint density at radius 3 is 2.35 bits per heavy atom. The van der Waals surface area contributed by atoms with Crippen LogP contribution < -0.4 is 20.7 Å². The van der Waals surface area contributed by atoms with E-state index in [9.17, 15) is 19.1 Å². The molecule has 5 N–H and O–H groups in total. The molecule has 1 saturated heterocycles. The van der Waals surface area contributed by atoms with Gasteiger partial charge in [0.1, 0.15) is 22.9 Å². The van der Waals surface area contributed by atoms with Crippen molar-refractivity contribution in [2.75, 3.05) is 13.1 Å². The number of piperazine rings is 1. The first kappa shape index (κ1) is 30.2. The highest BCUT2D eigenvalue weighted by Crippen LogP contribution is 2.32. The van der Waals surface area contributed by atoms with Crippen molar-refractivity contribution in [2.45, 2.75) is 70.2 Å². The first-order valence-electron chi connectivity index (χ1n) is 14.7. The fourth-order valence-electron chi connectivity index (χ4n) is 6.03. The van der Waals surface area contributed by atoms with Crippen molar-refractivity contribution in [2.24, 2.45) is 0 Å². The Kier molecular flexibility index (Phi) is 9.42. The number of carbonyl (C=O) groups is 2. The Morgan fingerprint density at radius 2 is 1.67 bits per heavy atom. The summed E-state index contributed by atoms with van der Waals surface area (Å²) in [5, 5.41) is 28.7. The summed E-state index contributed by atoms with van der Waals surface area (Å²) in [6.45, 7) is 6.80. The van der Waals surface area contributed by atoms with Gasteiger partial charge in [0.25, 0.3) is 5.91 Å². The molecule has 0 bridgehead atoms. The zero-order valence-electron chi connectivity index (χ0n) is 24.3. The van der Waals surface area contributed by atoms with Crippen LogP contribution in [0.3, 0.4) is 0 Å². The molecule has 2 amide bonds. The molecule has 1 aliphatic heterocycles.